The summed E-state index contributed by atoms with van der Waals surface area (Å²) in [6.45, 7) is 5.41. The quantitative estimate of drug-likeness (QED) is 0.889. The molecule has 2 rings (SSSR count). The van der Waals surface area contributed by atoms with E-state index in [9.17, 15) is 9.59 Å². The maximum absolute atomic E-state index is 12.2. The maximum atomic E-state index is 12.2. The van der Waals surface area contributed by atoms with Crippen LogP contribution in [-0.4, -0.2) is 11.8 Å². The van der Waals surface area contributed by atoms with Gasteiger partial charge < -0.3 is 10.6 Å². The Kier molecular flexibility index (Phi) is 5.52. The summed E-state index contributed by atoms with van der Waals surface area (Å²) >= 11 is 0. The van der Waals surface area contributed by atoms with E-state index in [0.717, 1.165) is 22.4 Å². The molecule has 0 heterocycles. The molecule has 4 nitrogen and oxygen atoms in total. The topological polar surface area (TPSA) is 58.2 Å². The van der Waals surface area contributed by atoms with E-state index in [1.54, 1.807) is 0 Å². The van der Waals surface area contributed by atoms with E-state index in [1.807, 2.05) is 62.4 Å². The molecule has 0 fully saturated rings. The van der Waals surface area contributed by atoms with Gasteiger partial charge in [-0.05, 0) is 37.1 Å². The summed E-state index contributed by atoms with van der Waals surface area (Å²) in [7, 11) is 0. The third-order valence-corrected chi connectivity index (χ3v) is 3.53. The highest BCUT2D eigenvalue weighted by atomic mass is 16.2. The number of aryl methyl sites for hydroxylation is 1. The van der Waals surface area contributed by atoms with Gasteiger partial charge in [-0.15, -0.1) is 0 Å². The molecule has 2 amide bonds. The van der Waals surface area contributed by atoms with Crippen molar-refractivity contribution < 1.29 is 9.59 Å². The number of hydrogen-bond donors (Lipinski definition) is 2. The molecule has 0 aromatic heterocycles. The van der Waals surface area contributed by atoms with Crippen molar-refractivity contribution in [1.82, 2.24) is 5.32 Å². The molecule has 1 unspecified atom stereocenters. The zero-order valence-electron chi connectivity index (χ0n) is 13.7. The highest BCUT2D eigenvalue weighted by Gasteiger charge is 2.11. The molecule has 1 atom stereocenters. The van der Waals surface area contributed by atoms with Crippen LogP contribution in [0.3, 0.4) is 0 Å². The van der Waals surface area contributed by atoms with Gasteiger partial charge in [-0.2, -0.15) is 0 Å². The maximum Gasteiger partial charge on any atom is 0.224 e. The first-order chi connectivity index (χ1) is 10.9. The van der Waals surface area contributed by atoms with Crippen LogP contribution in [0.2, 0.25) is 0 Å². The zero-order valence-corrected chi connectivity index (χ0v) is 13.7. The largest absolute Gasteiger partial charge is 0.349 e. The summed E-state index contributed by atoms with van der Waals surface area (Å²) in [4.78, 5) is 23.3. The molecule has 0 saturated heterocycles. The Morgan fingerprint density at radius 2 is 1.83 bits per heavy atom. The molecule has 2 aromatic rings. The second-order valence-corrected chi connectivity index (χ2v) is 5.76. The molecule has 4 heteroatoms. The molecule has 2 N–H and O–H groups in total. The monoisotopic (exact) mass is 310 g/mol. The summed E-state index contributed by atoms with van der Waals surface area (Å²) in [5.74, 6) is -0.133. The highest BCUT2D eigenvalue weighted by Crippen LogP contribution is 2.17. The lowest BCUT2D eigenvalue weighted by Crippen LogP contribution is -2.28. The number of carbonyl (C=O) groups is 2. The number of rotatable bonds is 5. The van der Waals surface area contributed by atoms with Gasteiger partial charge in [-0.25, -0.2) is 0 Å². The van der Waals surface area contributed by atoms with Gasteiger partial charge in [-0.1, -0.05) is 42.0 Å². The van der Waals surface area contributed by atoms with E-state index >= 15 is 0 Å². The number of hydrogen-bond acceptors (Lipinski definition) is 2. The first kappa shape index (κ1) is 16.7. The lowest BCUT2D eigenvalue weighted by molar-refractivity contribution is -0.121. The van der Waals surface area contributed by atoms with Crippen molar-refractivity contribution in [3.63, 3.8) is 0 Å². The van der Waals surface area contributed by atoms with Gasteiger partial charge in [0.05, 0.1) is 12.5 Å². The van der Waals surface area contributed by atoms with E-state index in [-0.39, 0.29) is 17.9 Å². The molecule has 0 aliphatic rings. The molecule has 0 aliphatic carbocycles. The summed E-state index contributed by atoms with van der Waals surface area (Å²) in [5, 5.41) is 5.74. The third-order valence-electron chi connectivity index (χ3n) is 3.53. The Bertz CT molecular complexity index is 710. The van der Waals surface area contributed by atoms with E-state index in [2.05, 4.69) is 10.6 Å². The minimum atomic E-state index is -0.124. The lowest BCUT2D eigenvalue weighted by Gasteiger charge is -2.15. The van der Waals surface area contributed by atoms with Gasteiger partial charge in [0.15, 0.2) is 0 Å². The van der Waals surface area contributed by atoms with Gasteiger partial charge in [0.2, 0.25) is 11.8 Å². The van der Waals surface area contributed by atoms with E-state index in [1.165, 1.54) is 6.92 Å². The molecule has 0 aliphatic heterocycles. The van der Waals surface area contributed by atoms with Crippen LogP contribution in [0, 0.1) is 6.92 Å². The SMILES string of the molecule is CC(=O)Nc1cccc(C(C)NC(=O)Cc2cccc(C)c2)c1. The molecule has 2 aromatic carbocycles. The summed E-state index contributed by atoms with van der Waals surface area (Å²) in [5.41, 5.74) is 3.83. The fourth-order valence-electron chi connectivity index (χ4n) is 2.47. The van der Waals surface area contributed by atoms with Gasteiger partial charge >= 0.3 is 0 Å². The smallest absolute Gasteiger partial charge is 0.224 e. The number of amides is 2. The van der Waals surface area contributed by atoms with Crippen LogP contribution in [0.5, 0.6) is 0 Å². The van der Waals surface area contributed by atoms with Crippen molar-refractivity contribution in [3.05, 3.63) is 65.2 Å². The Labute approximate surface area is 136 Å². The minimum absolute atomic E-state index is 0.0203. The molecule has 0 radical (unpaired) electrons. The van der Waals surface area contributed by atoms with Crippen molar-refractivity contribution in [2.75, 3.05) is 5.32 Å². The zero-order chi connectivity index (χ0) is 16.8. The predicted octanol–water partition coefficient (Wildman–Crippen LogP) is 3.37. The summed E-state index contributed by atoms with van der Waals surface area (Å²) < 4.78 is 0. The Balaban J connectivity index is 1.99. The summed E-state index contributed by atoms with van der Waals surface area (Å²) in [6, 6.07) is 15.3. The Morgan fingerprint density at radius 1 is 1.09 bits per heavy atom. The van der Waals surface area contributed by atoms with Gasteiger partial charge in [-0.3, -0.25) is 9.59 Å². The standard InChI is InChI=1S/C19H22N2O2/c1-13-6-4-7-16(10-13)11-19(23)20-14(2)17-8-5-9-18(12-17)21-15(3)22/h4-10,12,14H,11H2,1-3H3,(H,20,23)(H,21,22). The van der Waals surface area contributed by atoms with Crippen molar-refractivity contribution in [1.29, 1.82) is 0 Å². The van der Waals surface area contributed by atoms with Gasteiger partial charge in [0, 0.05) is 12.6 Å². The molecular formula is C19H22N2O2. The molecular weight excluding hydrogens is 288 g/mol. The highest BCUT2D eigenvalue weighted by molar-refractivity contribution is 5.88. The average Bonchev–Trinajstić information content (AvgIpc) is 2.46. The predicted molar refractivity (Wildman–Crippen MR) is 92.2 cm³/mol. The molecule has 0 spiro atoms. The Morgan fingerprint density at radius 3 is 2.52 bits per heavy atom. The number of nitrogens with one attached hydrogen (secondary N) is 2. The van der Waals surface area contributed by atoms with Crippen molar-refractivity contribution in [2.45, 2.75) is 33.2 Å². The fourth-order valence-corrected chi connectivity index (χ4v) is 2.47. The average molecular weight is 310 g/mol. The number of benzene rings is 2. The van der Waals surface area contributed by atoms with Crippen molar-refractivity contribution in [2.24, 2.45) is 0 Å². The number of anilines is 1. The second kappa shape index (κ2) is 7.58. The van der Waals surface area contributed by atoms with Crippen LogP contribution >= 0.6 is 0 Å². The normalized spacial score (nSPS) is 11.6. The lowest BCUT2D eigenvalue weighted by atomic mass is 10.1. The van der Waals surface area contributed by atoms with Gasteiger partial charge in [0.25, 0.3) is 0 Å². The molecule has 23 heavy (non-hydrogen) atoms. The fraction of sp³-hybridized carbons (Fsp3) is 0.263. The van der Waals surface area contributed by atoms with Crippen LogP contribution < -0.4 is 10.6 Å². The third kappa shape index (κ3) is 5.25. The minimum Gasteiger partial charge on any atom is -0.349 e. The van der Waals surface area contributed by atoms with Crippen LogP contribution in [-0.2, 0) is 16.0 Å². The van der Waals surface area contributed by atoms with Crippen LogP contribution in [0.4, 0.5) is 5.69 Å². The van der Waals surface area contributed by atoms with Crippen LogP contribution in [0.1, 0.15) is 36.6 Å². The molecule has 0 bridgehead atoms. The van der Waals surface area contributed by atoms with Crippen molar-refractivity contribution >= 4 is 17.5 Å². The van der Waals surface area contributed by atoms with E-state index < -0.39 is 0 Å². The number of carbonyl (C=O) groups excluding carboxylic acids is 2. The van der Waals surface area contributed by atoms with Crippen LogP contribution in [0.25, 0.3) is 0 Å². The molecule has 120 valence electrons. The first-order valence-electron chi connectivity index (χ1n) is 7.66. The molecule has 0 saturated carbocycles. The van der Waals surface area contributed by atoms with E-state index in [4.69, 9.17) is 0 Å². The van der Waals surface area contributed by atoms with Gasteiger partial charge in [0.1, 0.15) is 0 Å². The van der Waals surface area contributed by atoms with E-state index in [0.29, 0.717) is 6.42 Å². The Hall–Kier alpha value is -2.62. The second-order valence-electron chi connectivity index (χ2n) is 5.76. The first-order valence-corrected chi connectivity index (χ1v) is 7.66. The van der Waals surface area contributed by atoms with Crippen LogP contribution in [0.15, 0.2) is 48.5 Å². The van der Waals surface area contributed by atoms with Crippen molar-refractivity contribution in [3.8, 4) is 0 Å². The summed E-state index contributed by atoms with van der Waals surface area (Å²) in [6.07, 6.45) is 0.359.